The van der Waals surface area contributed by atoms with Gasteiger partial charge in [0.1, 0.15) is 18.3 Å². The summed E-state index contributed by atoms with van der Waals surface area (Å²) in [5.41, 5.74) is 0. The van der Waals surface area contributed by atoms with Crippen molar-refractivity contribution in [2.75, 3.05) is 13.2 Å². The molecule has 1 rings (SSSR count). The zero-order chi connectivity index (χ0) is 42.4. The van der Waals surface area contributed by atoms with Crippen LogP contribution in [0.3, 0.4) is 0 Å². The van der Waals surface area contributed by atoms with Gasteiger partial charge in [-0.1, -0.05) is 167 Å². The van der Waals surface area contributed by atoms with Crippen molar-refractivity contribution in [3.63, 3.8) is 0 Å². The Morgan fingerprint density at radius 1 is 0.684 bits per heavy atom. The SMILES string of the molecule is CCCCCCCCCCCCC/C=C/[C@@H](O)[C@H](COC1OC(CO)C(O)C(OS(=O)(=O)O)C1OS(=O)(=O)O)NC(=O)CCCCCCCCCCCCCCC. The molecule has 0 bridgehead atoms. The maximum absolute atomic E-state index is 13.1. The first kappa shape index (κ1) is 53.8. The van der Waals surface area contributed by atoms with E-state index in [1.165, 1.54) is 109 Å². The smallest absolute Gasteiger partial charge is 0.394 e. The van der Waals surface area contributed by atoms with Crippen LogP contribution in [0.4, 0.5) is 0 Å². The summed E-state index contributed by atoms with van der Waals surface area (Å²) < 4.78 is 85.3. The van der Waals surface area contributed by atoms with E-state index in [4.69, 9.17) is 9.47 Å². The van der Waals surface area contributed by atoms with Crippen LogP contribution in [0.5, 0.6) is 0 Å². The van der Waals surface area contributed by atoms with Crippen LogP contribution in [0.1, 0.15) is 181 Å². The minimum atomic E-state index is -5.35. The molecule has 7 atom stereocenters. The van der Waals surface area contributed by atoms with E-state index in [1.807, 2.05) is 0 Å². The van der Waals surface area contributed by atoms with Gasteiger partial charge in [0, 0.05) is 6.42 Å². The lowest BCUT2D eigenvalue weighted by molar-refractivity contribution is -0.293. The lowest BCUT2D eigenvalue weighted by atomic mass is 9.99. The van der Waals surface area contributed by atoms with Crippen LogP contribution in [0.25, 0.3) is 0 Å². The number of hydrogen-bond acceptors (Lipinski definition) is 12. The number of aliphatic hydroxyl groups excluding tert-OH is 3. The van der Waals surface area contributed by atoms with Crippen LogP contribution >= 0.6 is 0 Å². The van der Waals surface area contributed by atoms with E-state index in [2.05, 4.69) is 27.5 Å². The number of unbranched alkanes of at least 4 members (excludes halogenated alkanes) is 23. The van der Waals surface area contributed by atoms with Gasteiger partial charge in [0.2, 0.25) is 5.91 Å². The summed E-state index contributed by atoms with van der Waals surface area (Å²) in [5, 5.41) is 34.2. The molecule has 1 aliphatic heterocycles. The number of nitrogens with one attached hydrogen (secondary N) is 1. The molecule has 0 spiro atoms. The van der Waals surface area contributed by atoms with Gasteiger partial charge in [-0.2, -0.15) is 16.8 Å². The van der Waals surface area contributed by atoms with Crippen molar-refractivity contribution in [1.29, 1.82) is 0 Å². The molecule has 0 aliphatic carbocycles. The monoisotopic (exact) mass is 859 g/mol. The van der Waals surface area contributed by atoms with Gasteiger partial charge in [0.05, 0.1) is 25.4 Å². The van der Waals surface area contributed by atoms with Gasteiger partial charge in [-0.25, -0.2) is 8.37 Å². The molecule has 17 heteroatoms. The quantitative estimate of drug-likeness (QED) is 0.0209. The van der Waals surface area contributed by atoms with Crippen molar-refractivity contribution >= 4 is 26.7 Å². The Labute approximate surface area is 344 Å². The average Bonchev–Trinajstić information content (AvgIpc) is 3.14. The van der Waals surface area contributed by atoms with Crippen molar-refractivity contribution in [2.24, 2.45) is 0 Å². The highest BCUT2D eigenvalue weighted by molar-refractivity contribution is 7.81. The molecule has 0 aromatic rings. The molecule has 6 N–H and O–H groups in total. The minimum Gasteiger partial charge on any atom is -0.394 e. The molecule has 0 saturated carbocycles. The second-order valence-electron chi connectivity index (χ2n) is 15.4. The van der Waals surface area contributed by atoms with Crippen molar-refractivity contribution in [3.8, 4) is 0 Å². The lowest BCUT2D eigenvalue weighted by Crippen LogP contribution is -2.62. The number of carbonyl (C=O) groups excluding carboxylic acids is 1. The van der Waals surface area contributed by atoms with Crippen LogP contribution < -0.4 is 5.32 Å². The van der Waals surface area contributed by atoms with Crippen molar-refractivity contribution < 1.29 is 63.9 Å². The van der Waals surface area contributed by atoms with Gasteiger partial charge < -0.3 is 30.1 Å². The van der Waals surface area contributed by atoms with E-state index >= 15 is 0 Å². The molecule has 1 saturated heterocycles. The average molecular weight is 860 g/mol. The number of carbonyl (C=O) groups is 1. The number of allylic oxidation sites excluding steroid dienone is 1. The van der Waals surface area contributed by atoms with E-state index in [9.17, 15) is 46.1 Å². The zero-order valence-electron chi connectivity index (χ0n) is 34.7. The fourth-order valence-electron chi connectivity index (χ4n) is 6.97. The Balaban J connectivity index is 2.80. The summed E-state index contributed by atoms with van der Waals surface area (Å²) in [5.74, 6) is -0.365. The molecule has 5 unspecified atom stereocenters. The maximum Gasteiger partial charge on any atom is 0.397 e. The van der Waals surface area contributed by atoms with E-state index < -0.39 is 76.9 Å². The normalized spacial score (nSPS) is 21.6. The predicted octanol–water partition coefficient (Wildman–Crippen LogP) is 7.04. The first-order chi connectivity index (χ1) is 27.2. The first-order valence-corrected chi connectivity index (χ1v) is 24.5. The number of aliphatic hydroxyl groups is 3. The predicted molar refractivity (Wildman–Crippen MR) is 219 cm³/mol. The van der Waals surface area contributed by atoms with Crippen LogP contribution in [0.15, 0.2) is 12.2 Å². The highest BCUT2D eigenvalue weighted by Crippen LogP contribution is 2.29. The Morgan fingerprint density at radius 3 is 1.54 bits per heavy atom. The molecule has 1 heterocycles. The van der Waals surface area contributed by atoms with Crippen LogP contribution in [0, 0.1) is 0 Å². The van der Waals surface area contributed by atoms with Gasteiger partial charge >= 0.3 is 20.8 Å². The Bertz CT molecular complexity index is 1250. The highest BCUT2D eigenvalue weighted by atomic mass is 32.3. The lowest BCUT2D eigenvalue weighted by Gasteiger charge is -2.42. The maximum atomic E-state index is 13.1. The van der Waals surface area contributed by atoms with Gasteiger partial charge in [-0.15, -0.1) is 0 Å². The number of ether oxygens (including phenoxy) is 2. The number of amides is 1. The van der Waals surface area contributed by atoms with E-state index in [1.54, 1.807) is 6.08 Å². The van der Waals surface area contributed by atoms with Crippen LogP contribution in [0.2, 0.25) is 0 Å². The third-order valence-electron chi connectivity index (χ3n) is 10.3. The molecule has 1 aliphatic rings. The number of hydrogen-bond donors (Lipinski definition) is 6. The second kappa shape index (κ2) is 32.5. The molecule has 1 fully saturated rings. The van der Waals surface area contributed by atoms with Crippen LogP contribution in [-0.4, -0.2) is 103 Å². The van der Waals surface area contributed by atoms with Crippen LogP contribution in [-0.2, 0) is 43.4 Å². The summed E-state index contributed by atoms with van der Waals surface area (Å²) in [7, 11) is -10.7. The van der Waals surface area contributed by atoms with Gasteiger partial charge in [0.15, 0.2) is 12.4 Å². The largest absolute Gasteiger partial charge is 0.397 e. The summed E-state index contributed by atoms with van der Waals surface area (Å²) >= 11 is 0. The third-order valence-corrected chi connectivity index (χ3v) is 11.2. The summed E-state index contributed by atoms with van der Waals surface area (Å²) in [6.45, 7) is 2.97. The van der Waals surface area contributed by atoms with Gasteiger partial charge in [0.25, 0.3) is 0 Å². The molecule has 57 heavy (non-hydrogen) atoms. The Kier molecular flexibility index (Phi) is 30.7. The summed E-state index contributed by atoms with van der Waals surface area (Å²) in [6, 6.07) is -1.11. The van der Waals surface area contributed by atoms with Crippen molar-refractivity contribution in [3.05, 3.63) is 12.2 Å². The standard InChI is InChI=1S/C40H77NO14S2/c1-3-5-7-9-11-13-15-17-19-21-23-25-27-29-34(43)33(41-36(44)30-28-26-24-22-20-18-16-14-12-10-8-6-4-2)32-52-40-39(55-57(49,50)51)38(54-56(46,47)48)37(45)35(31-42)53-40/h27,29,33-35,37-40,42-43,45H,3-26,28,30-32H2,1-2H3,(H,41,44)(H,46,47,48)(H,49,50,51)/b29-27+/t33-,34+,35?,37?,38?,39?,40?/m0/s1. The van der Waals surface area contributed by atoms with Crippen molar-refractivity contribution in [2.45, 2.75) is 224 Å². The second-order valence-corrected chi connectivity index (χ2v) is 17.5. The molecule has 15 nitrogen and oxygen atoms in total. The highest BCUT2D eigenvalue weighted by Gasteiger charge is 2.51. The molecular weight excluding hydrogens is 783 g/mol. The fraction of sp³-hybridized carbons (Fsp3) is 0.925. The topological polar surface area (TPSA) is 235 Å². The van der Waals surface area contributed by atoms with E-state index in [-0.39, 0.29) is 12.3 Å². The molecule has 338 valence electrons. The fourth-order valence-corrected chi connectivity index (χ4v) is 7.96. The minimum absolute atomic E-state index is 0.181. The van der Waals surface area contributed by atoms with Gasteiger partial charge in [-0.3, -0.25) is 13.9 Å². The summed E-state index contributed by atoms with van der Waals surface area (Å²) in [4.78, 5) is 13.1. The zero-order valence-corrected chi connectivity index (χ0v) is 36.4. The first-order valence-electron chi connectivity index (χ1n) is 21.7. The Hall–Kier alpha value is -1.25. The molecule has 1 amide bonds. The molecular formula is C40H77NO14S2. The van der Waals surface area contributed by atoms with Crippen molar-refractivity contribution in [1.82, 2.24) is 5.32 Å². The molecule has 0 aromatic carbocycles. The van der Waals surface area contributed by atoms with E-state index in [0.29, 0.717) is 12.8 Å². The molecule has 0 radical (unpaired) electrons. The number of rotatable bonds is 37. The summed E-state index contributed by atoms with van der Waals surface area (Å²) in [6.07, 6.45) is 21.0. The third kappa shape index (κ3) is 28.0. The van der Waals surface area contributed by atoms with E-state index in [0.717, 1.165) is 44.9 Å². The van der Waals surface area contributed by atoms with Gasteiger partial charge in [-0.05, 0) is 19.3 Å². The Morgan fingerprint density at radius 2 is 1.11 bits per heavy atom. The molecule has 0 aromatic heterocycles.